The van der Waals surface area contributed by atoms with Crippen LogP contribution in [0.3, 0.4) is 0 Å². The lowest BCUT2D eigenvalue weighted by Crippen LogP contribution is -2.62. The number of primary amides is 1. The summed E-state index contributed by atoms with van der Waals surface area (Å²) in [7, 11) is 0. The zero-order valence-electron chi connectivity index (χ0n) is 8.42. The number of carbonyl (C=O) groups excluding carboxylic acids is 1. The molecule has 1 rings (SSSR count). The number of hydrogen-bond donors (Lipinski definition) is 2. The van der Waals surface area contributed by atoms with Crippen LogP contribution in [0.15, 0.2) is 0 Å². The van der Waals surface area contributed by atoms with Crippen LogP contribution in [-0.4, -0.2) is 35.5 Å². The number of amides is 1. The summed E-state index contributed by atoms with van der Waals surface area (Å²) in [6.07, 6.45) is 1.67. The monoisotopic (exact) mass is 185 g/mol. The van der Waals surface area contributed by atoms with Crippen LogP contribution in [0.5, 0.6) is 0 Å². The first-order valence-electron chi connectivity index (χ1n) is 4.78. The maximum Gasteiger partial charge on any atom is 0.238 e. The van der Waals surface area contributed by atoms with Gasteiger partial charge in [-0.1, -0.05) is 0 Å². The molecule has 1 aliphatic heterocycles. The van der Waals surface area contributed by atoms with Gasteiger partial charge >= 0.3 is 0 Å². The van der Waals surface area contributed by atoms with Gasteiger partial charge < -0.3 is 11.5 Å². The Hall–Kier alpha value is -0.610. The number of nitrogens with zero attached hydrogens (tertiary/aromatic N) is 1. The van der Waals surface area contributed by atoms with E-state index in [4.69, 9.17) is 11.5 Å². The summed E-state index contributed by atoms with van der Waals surface area (Å²) < 4.78 is 0. The zero-order valence-corrected chi connectivity index (χ0v) is 8.42. The molecule has 0 aromatic rings. The normalized spacial score (nSPS) is 30.8. The van der Waals surface area contributed by atoms with Crippen molar-refractivity contribution in [3.8, 4) is 0 Å². The topological polar surface area (TPSA) is 72.3 Å². The molecule has 76 valence electrons. The van der Waals surface area contributed by atoms with Crippen molar-refractivity contribution in [3.63, 3.8) is 0 Å². The quantitative estimate of drug-likeness (QED) is 0.619. The minimum Gasteiger partial charge on any atom is -0.368 e. The van der Waals surface area contributed by atoms with E-state index in [9.17, 15) is 4.79 Å². The molecule has 4 nitrogen and oxygen atoms in total. The Morgan fingerprint density at radius 3 is 2.62 bits per heavy atom. The Labute approximate surface area is 79.3 Å². The molecule has 1 fully saturated rings. The fraction of sp³-hybridized carbons (Fsp3) is 0.889. The van der Waals surface area contributed by atoms with E-state index in [1.54, 1.807) is 0 Å². The maximum atomic E-state index is 11.1. The van der Waals surface area contributed by atoms with Crippen molar-refractivity contribution in [3.05, 3.63) is 0 Å². The summed E-state index contributed by atoms with van der Waals surface area (Å²) in [6.45, 7) is 5.82. The molecule has 0 radical (unpaired) electrons. The van der Waals surface area contributed by atoms with Gasteiger partial charge in [-0.05, 0) is 33.2 Å². The number of hydrogen-bond acceptors (Lipinski definition) is 3. The minimum absolute atomic E-state index is 0.377. The van der Waals surface area contributed by atoms with E-state index in [2.05, 4.69) is 18.7 Å². The van der Waals surface area contributed by atoms with Crippen molar-refractivity contribution >= 4 is 5.91 Å². The van der Waals surface area contributed by atoms with Gasteiger partial charge in [-0.25, -0.2) is 0 Å². The summed E-state index contributed by atoms with van der Waals surface area (Å²) in [5, 5.41) is 0. The molecule has 1 saturated heterocycles. The molecule has 1 atom stereocenters. The minimum atomic E-state index is -0.803. The molecule has 0 aliphatic carbocycles. The van der Waals surface area contributed by atoms with Crippen molar-refractivity contribution in [1.29, 1.82) is 0 Å². The molecule has 13 heavy (non-hydrogen) atoms. The molecule has 4 N–H and O–H groups in total. The highest BCUT2D eigenvalue weighted by atomic mass is 16.1. The Morgan fingerprint density at radius 1 is 1.54 bits per heavy atom. The van der Waals surface area contributed by atoms with Crippen LogP contribution in [0, 0.1) is 0 Å². The molecule has 1 heterocycles. The Kier molecular flexibility index (Phi) is 2.93. The largest absolute Gasteiger partial charge is 0.368 e. The molecule has 0 saturated carbocycles. The van der Waals surface area contributed by atoms with E-state index >= 15 is 0 Å². The summed E-state index contributed by atoms with van der Waals surface area (Å²) in [5.74, 6) is -0.377. The van der Waals surface area contributed by atoms with Crippen LogP contribution in [0.2, 0.25) is 0 Å². The standard InChI is InChI=1S/C9H19N3O/c1-7(2)12-5-3-4-9(11,6-12)8(10)13/h7H,3-6,11H2,1-2H3,(H2,10,13). The van der Waals surface area contributed by atoms with Crippen LogP contribution in [-0.2, 0) is 4.79 Å². The van der Waals surface area contributed by atoms with Gasteiger partial charge in [-0.2, -0.15) is 0 Å². The lowest BCUT2D eigenvalue weighted by molar-refractivity contribution is -0.125. The summed E-state index contributed by atoms with van der Waals surface area (Å²) >= 11 is 0. The lowest BCUT2D eigenvalue weighted by atomic mass is 9.89. The smallest absolute Gasteiger partial charge is 0.238 e. The second-order valence-electron chi connectivity index (χ2n) is 4.19. The van der Waals surface area contributed by atoms with Crippen LogP contribution in [0.1, 0.15) is 26.7 Å². The van der Waals surface area contributed by atoms with E-state index in [1.807, 2.05) is 0 Å². The maximum absolute atomic E-state index is 11.1. The van der Waals surface area contributed by atoms with Gasteiger partial charge in [0.25, 0.3) is 0 Å². The first-order chi connectivity index (χ1) is 5.96. The van der Waals surface area contributed by atoms with E-state index in [-0.39, 0.29) is 5.91 Å². The number of carbonyl (C=O) groups is 1. The number of piperidine rings is 1. The SMILES string of the molecule is CC(C)N1CCCC(N)(C(N)=O)C1. The van der Waals surface area contributed by atoms with Gasteiger partial charge in [-0.3, -0.25) is 9.69 Å². The molecule has 0 aromatic carbocycles. The van der Waals surface area contributed by atoms with Crippen molar-refractivity contribution < 1.29 is 4.79 Å². The number of likely N-dealkylation sites (tertiary alicyclic amines) is 1. The van der Waals surface area contributed by atoms with Gasteiger partial charge in [0.15, 0.2) is 0 Å². The van der Waals surface area contributed by atoms with Gasteiger partial charge in [0.2, 0.25) is 5.91 Å². The Balaban J connectivity index is 2.65. The van der Waals surface area contributed by atoms with E-state index in [0.717, 1.165) is 13.0 Å². The fourth-order valence-corrected chi connectivity index (χ4v) is 1.76. The molecular weight excluding hydrogens is 166 g/mol. The molecule has 1 amide bonds. The summed E-state index contributed by atoms with van der Waals surface area (Å²) in [4.78, 5) is 13.3. The van der Waals surface area contributed by atoms with Crippen molar-refractivity contribution in [2.24, 2.45) is 11.5 Å². The summed E-state index contributed by atoms with van der Waals surface area (Å²) in [5.41, 5.74) is 10.4. The van der Waals surface area contributed by atoms with E-state index in [0.29, 0.717) is 19.0 Å². The summed E-state index contributed by atoms with van der Waals surface area (Å²) in [6, 6.07) is 0.433. The molecule has 0 bridgehead atoms. The van der Waals surface area contributed by atoms with E-state index < -0.39 is 5.54 Å². The first kappa shape index (κ1) is 10.5. The van der Waals surface area contributed by atoms with Crippen LogP contribution in [0.25, 0.3) is 0 Å². The molecular formula is C9H19N3O. The third-order valence-electron chi connectivity index (χ3n) is 2.77. The third kappa shape index (κ3) is 2.19. The van der Waals surface area contributed by atoms with Gasteiger partial charge in [0.05, 0.1) is 0 Å². The van der Waals surface area contributed by atoms with Gasteiger partial charge in [0.1, 0.15) is 5.54 Å². The average molecular weight is 185 g/mol. The van der Waals surface area contributed by atoms with Crippen LogP contribution >= 0.6 is 0 Å². The second-order valence-corrected chi connectivity index (χ2v) is 4.19. The second kappa shape index (κ2) is 3.64. The third-order valence-corrected chi connectivity index (χ3v) is 2.77. The molecule has 0 aromatic heterocycles. The average Bonchev–Trinajstić information content (AvgIpc) is 2.04. The van der Waals surface area contributed by atoms with Crippen molar-refractivity contribution in [2.45, 2.75) is 38.3 Å². The molecule has 1 unspecified atom stereocenters. The Morgan fingerprint density at radius 2 is 2.15 bits per heavy atom. The molecule has 4 heteroatoms. The molecule has 1 aliphatic rings. The van der Waals surface area contributed by atoms with Crippen LogP contribution < -0.4 is 11.5 Å². The highest BCUT2D eigenvalue weighted by Gasteiger charge is 2.37. The lowest BCUT2D eigenvalue weighted by Gasteiger charge is -2.40. The van der Waals surface area contributed by atoms with Gasteiger partial charge in [-0.15, -0.1) is 0 Å². The van der Waals surface area contributed by atoms with Crippen LogP contribution in [0.4, 0.5) is 0 Å². The highest BCUT2D eigenvalue weighted by molar-refractivity contribution is 5.84. The highest BCUT2D eigenvalue weighted by Crippen LogP contribution is 2.19. The Bertz CT molecular complexity index is 205. The number of nitrogens with two attached hydrogens (primary N) is 2. The zero-order chi connectivity index (χ0) is 10.1. The van der Waals surface area contributed by atoms with Crippen molar-refractivity contribution in [2.75, 3.05) is 13.1 Å². The first-order valence-corrected chi connectivity index (χ1v) is 4.78. The predicted molar refractivity (Wildman–Crippen MR) is 52.1 cm³/mol. The number of rotatable bonds is 2. The van der Waals surface area contributed by atoms with Gasteiger partial charge in [0, 0.05) is 12.6 Å². The molecule has 0 spiro atoms. The van der Waals surface area contributed by atoms with E-state index in [1.165, 1.54) is 0 Å². The fourth-order valence-electron chi connectivity index (χ4n) is 1.76. The van der Waals surface area contributed by atoms with Crippen molar-refractivity contribution in [1.82, 2.24) is 4.90 Å². The predicted octanol–water partition coefficient (Wildman–Crippen LogP) is -0.327.